The van der Waals surface area contributed by atoms with Gasteiger partial charge in [0, 0.05) is 11.1 Å². The summed E-state index contributed by atoms with van der Waals surface area (Å²) in [6.07, 6.45) is 1.18. The van der Waals surface area contributed by atoms with Crippen molar-refractivity contribution >= 4 is 12.0 Å². The predicted molar refractivity (Wildman–Crippen MR) is 85.0 cm³/mol. The largest absolute Gasteiger partial charge is 0.493 e. The smallest absolute Gasteiger partial charge is 0.346 e. The number of carboxylic acids is 1. The molecule has 0 amide bonds. The van der Waals surface area contributed by atoms with Gasteiger partial charge in [0.05, 0.1) is 7.11 Å². The Morgan fingerprint density at radius 3 is 2.67 bits per heavy atom. The molecular formula is C18H14FNO4. The number of carbonyl (C=O) groups is 1. The topological polar surface area (TPSA) is 79.5 Å². The first kappa shape index (κ1) is 17.0. The second kappa shape index (κ2) is 7.79. The Bertz CT molecular complexity index is 824. The van der Waals surface area contributed by atoms with Crippen molar-refractivity contribution in [2.45, 2.75) is 6.61 Å². The van der Waals surface area contributed by atoms with Crippen molar-refractivity contribution in [3.8, 4) is 17.6 Å². The van der Waals surface area contributed by atoms with Gasteiger partial charge < -0.3 is 14.6 Å². The molecule has 5 nitrogen and oxygen atoms in total. The first-order chi connectivity index (χ1) is 11.6. The van der Waals surface area contributed by atoms with Crippen LogP contribution >= 0.6 is 0 Å². The SMILES string of the molecule is COc1cccc(C=C(C#N)C(=O)O)c1OCc1ccccc1F. The van der Waals surface area contributed by atoms with E-state index in [1.807, 2.05) is 0 Å². The van der Waals surface area contributed by atoms with Crippen molar-refractivity contribution in [2.75, 3.05) is 7.11 Å². The van der Waals surface area contributed by atoms with E-state index in [1.54, 1.807) is 42.5 Å². The first-order valence-corrected chi connectivity index (χ1v) is 6.95. The molecule has 0 fully saturated rings. The molecule has 0 aliphatic heterocycles. The van der Waals surface area contributed by atoms with E-state index in [9.17, 15) is 9.18 Å². The van der Waals surface area contributed by atoms with Crippen molar-refractivity contribution in [2.24, 2.45) is 0 Å². The summed E-state index contributed by atoms with van der Waals surface area (Å²) in [6, 6.07) is 12.6. The van der Waals surface area contributed by atoms with Crippen molar-refractivity contribution in [3.63, 3.8) is 0 Å². The number of nitriles is 1. The van der Waals surface area contributed by atoms with Crippen LogP contribution in [0.5, 0.6) is 11.5 Å². The Kier molecular flexibility index (Phi) is 5.53. The molecule has 2 aromatic rings. The minimum Gasteiger partial charge on any atom is -0.493 e. The number of ether oxygens (including phenoxy) is 2. The summed E-state index contributed by atoms with van der Waals surface area (Å²) in [5, 5.41) is 17.9. The molecule has 0 atom stereocenters. The zero-order valence-corrected chi connectivity index (χ0v) is 12.8. The maximum absolute atomic E-state index is 13.7. The molecule has 0 aliphatic rings. The van der Waals surface area contributed by atoms with Crippen LogP contribution in [0.1, 0.15) is 11.1 Å². The number of aliphatic carboxylic acids is 1. The average molecular weight is 327 g/mol. The fourth-order valence-corrected chi connectivity index (χ4v) is 2.02. The summed E-state index contributed by atoms with van der Waals surface area (Å²) in [5.41, 5.74) is 0.251. The monoisotopic (exact) mass is 327 g/mol. The number of rotatable bonds is 6. The van der Waals surface area contributed by atoms with Gasteiger partial charge in [0.25, 0.3) is 0 Å². The zero-order chi connectivity index (χ0) is 17.5. The van der Waals surface area contributed by atoms with E-state index < -0.39 is 17.4 Å². The Morgan fingerprint density at radius 1 is 1.29 bits per heavy atom. The molecule has 0 heterocycles. The van der Waals surface area contributed by atoms with Crippen LogP contribution in [-0.4, -0.2) is 18.2 Å². The number of halogens is 1. The van der Waals surface area contributed by atoms with Crippen LogP contribution in [0, 0.1) is 17.1 Å². The van der Waals surface area contributed by atoms with Crippen LogP contribution in [0.4, 0.5) is 4.39 Å². The van der Waals surface area contributed by atoms with Crippen molar-refractivity contribution in [1.82, 2.24) is 0 Å². The third-order valence-corrected chi connectivity index (χ3v) is 3.21. The van der Waals surface area contributed by atoms with E-state index in [1.165, 1.54) is 19.3 Å². The number of methoxy groups -OCH3 is 1. The Balaban J connectivity index is 2.39. The highest BCUT2D eigenvalue weighted by Gasteiger charge is 2.13. The van der Waals surface area contributed by atoms with E-state index in [-0.39, 0.29) is 12.4 Å². The second-order valence-corrected chi connectivity index (χ2v) is 4.73. The van der Waals surface area contributed by atoms with Crippen LogP contribution in [0.25, 0.3) is 6.08 Å². The molecule has 0 saturated heterocycles. The number of nitrogens with zero attached hydrogens (tertiary/aromatic N) is 1. The van der Waals surface area contributed by atoms with Crippen LogP contribution in [0.15, 0.2) is 48.0 Å². The van der Waals surface area contributed by atoms with Gasteiger partial charge in [0.1, 0.15) is 24.1 Å². The van der Waals surface area contributed by atoms with Crippen LogP contribution < -0.4 is 9.47 Å². The molecule has 0 saturated carbocycles. The summed E-state index contributed by atoms with van der Waals surface area (Å²) in [6.45, 7) is -0.0666. The molecule has 0 aliphatic carbocycles. The van der Waals surface area contributed by atoms with E-state index in [0.717, 1.165) is 0 Å². The minimum absolute atomic E-state index is 0.0666. The van der Waals surface area contributed by atoms with Gasteiger partial charge in [-0.2, -0.15) is 5.26 Å². The van der Waals surface area contributed by atoms with Crippen LogP contribution in [0.2, 0.25) is 0 Å². The van der Waals surface area contributed by atoms with E-state index in [2.05, 4.69) is 0 Å². The second-order valence-electron chi connectivity index (χ2n) is 4.73. The molecular weight excluding hydrogens is 313 g/mol. The molecule has 2 aromatic carbocycles. The fourth-order valence-electron chi connectivity index (χ4n) is 2.02. The number of carboxylic acid groups (broad SMARTS) is 1. The van der Waals surface area contributed by atoms with Gasteiger partial charge in [-0.1, -0.05) is 30.3 Å². The van der Waals surface area contributed by atoms with Gasteiger partial charge in [0.2, 0.25) is 0 Å². The molecule has 0 radical (unpaired) electrons. The Labute approximate surface area is 138 Å². The normalized spacial score (nSPS) is 10.8. The molecule has 2 rings (SSSR count). The summed E-state index contributed by atoms with van der Waals surface area (Å²) >= 11 is 0. The highest BCUT2D eigenvalue weighted by Crippen LogP contribution is 2.33. The highest BCUT2D eigenvalue weighted by molar-refractivity contribution is 5.97. The quantitative estimate of drug-likeness (QED) is 0.650. The standard InChI is InChI=1S/C18H14FNO4/c1-23-16-8-4-6-12(9-14(10-20)18(21)22)17(16)24-11-13-5-2-3-7-15(13)19/h2-9H,11H2,1H3,(H,21,22). The third kappa shape index (κ3) is 3.90. The molecule has 24 heavy (non-hydrogen) atoms. The average Bonchev–Trinajstić information content (AvgIpc) is 2.58. The molecule has 6 heteroatoms. The third-order valence-electron chi connectivity index (χ3n) is 3.21. The van der Waals surface area contributed by atoms with E-state index >= 15 is 0 Å². The van der Waals surface area contributed by atoms with Gasteiger partial charge in [-0.3, -0.25) is 0 Å². The lowest BCUT2D eigenvalue weighted by molar-refractivity contribution is -0.132. The van der Waals surface area contributed by atoms with Gasteiger partial charge in [-0.15, -0.1) is 0 Å². The zero-order valence-electron chi connectivity index (χ0n) is 12.8. The van der Waals surface area contributed by atoms with Crippen molar-refractivity contribution in [3.05, 3.63) is 65.0 Å². The summed E-state index contributed by atoms with van der Waals surface area (Å²) in [4.78, 5) is 11.0. The molecule has 0 unspecified atom stereocenters. The van der Waals surface area contributed by atoms with Gasteiger partial charge in [0.15, 0.2) is 11.5 Å². The molecule has 1 N–H and O–H groups in total. The van der Waals surface area contributed by atoms with Gasteiger partial charge in [-0.25, -0.2) is 9.18 Å². The first-order valence-electron chi connectivity index (χ1n) is 6.95. The van der Waals surface area contributed by atoms with Crippen LogP contribution in [-0.2, 0) is 11.4 Å². The summed E-state index contributed by atoms with van der Waals surface area (Å²) in [5.74, 6) is -1.17. The molecule has 122 valence electrons. The number of para-hydroxylation sites is 1. The lowest BCUT2D eigenvalue weighted by Gasteiger charge is -2.14. The van der Waals surface area contributed by atoms with Crippen molar-refractivity contribution in [1.29, 1.82) is 5.26 Å². The molecule has 0 spiro atoms. The van der Waals surface area contributed by atoms with Crippen LogP contribution in [0.3, 0.4) is 0 Å². The number of hydrogen-bond donors (Lipinski definition) is 1. The maximum atomic E-state index is 13.7. The highest BCUT2D eigenvalue weighted by atomic mass is 19.1. The lowest BCUT2D eigenvalue weighted by Crippen LogP contribution is -2.02. The predicted octanol–water partition coefficient (Wildman–Crippen LogP) is 3.40. The van der Waals surface area contributed by atoms with Gasteiger partial charge in [-0.05, 0) is 18.2 Å². The molecule has 0 bridgehead atoms. The summed E-state index contributed by atoms with van der Waals surface area (Å²) in [7, 11) is 1.43. The fraction of sp³-hybridized carbons (Fsp3) is 0.111. The number of hydrogen-bond acceptors (Lipinski definition) is 4. The summed E-state index contributed by atoms with van der Waals surface area (Å²) < 4.78 is 24.5. The van der Waals surface area contributed by atoms with Crippen molar-refractivity contribution < 1.29 is 23.8 Å². The number of benzene rings is 2. The lowest BCUT2D eigenvalue weighted by atomic mass is 10.1. The maximum Gasteiger partial charge on any atom is 0.346 e. The Hall–Kier alpha value is -3.33. The van der Waals surface area contributed by atoms with E-state index in [0.29, 0.717) is 16.9 Å². The Morgan fingerprint density at radius 2 is 2.04 bits per heavy atom. The van der Waals surface area contributed by atoms with Gasteiger partial charge >= 0.3 is 5.97 Å². The van der Waals surface area contributed by atoms with E-state index in [4.69, 9.17) is 19.8 Å². The minimum atomic E-state index is -1.35. The molecule has 0 aromatic heterocycles.